The first kappa shape index (κ1) is 9.99. The van der Waals surface area contributed by atoms with Gasteiger partial charge in [-0.05, 0) is 31.5 Å². The molecule has 1 heterocycles. The van der Waals surface area contributed by atoms with Crippen LogP contribution in [0.25, 0.3) is 0 Å². The third kappa shape index (κ3) is 2.10. The van der Waals surface area contributed by atoms with Crippen LogP contribution in [0.15, 0.2) is 24.3 Å². The molecule has 1 atom stereocenters. The molecule has 0 saturated carbocycles. The maximum atomic E-state index is 12.7. The second kappa shape index (κ2) is 3.55. The monoisotopic (exact) mass is 211 g/mol. The highest BCUT2D eigenvalue weighted by Crippen LogP contribution is 2.36. The van der Waals surface area contributed by atoms with Crippen LogP contribution in [0, 0.1) is 5.82 Å². The number of hydrogen-bond donors (Lipinski definition) is 1. The summed E-state index contributed by atoms with van der Waals surface area (Å²) in [7, 11) is 0. The van der Waals surface area contributed by atoms with Crippen LogP contribution in [-0.2, 0) is 0 Å². The summed E-state index contributed by atoms with van der Waals surface area (Å²) in [6.45, 7) is 4.37. The summed E-state index contributed by atoms with van der Waals surface area (Å²) in [5.74, 6) is 0.922. The van der Waals surface area contributed by atoms with Gasteiger partial charge in [0.25, 0.3) is 0 Å². The van der Waals surface area contributed by atoms with Gasteiger partial charge in [-0.1, -0.05) is 12.1 Å². The van der Waals surface area contributed by atoms with Crippen molar-refractivity contribution in [1.29, 1.82) is 0 Å². The fraction of sp³-hybridized carbons (Fsp3) is 0.455. The zero-order valence-electron chi connectivity index (χ0n) is 8.38. The fourth-order valence-corrected chi connectivity index (χ4v) is 2.97. The van der Waals surface area contributed by atoms with Crippen LogP contribution in [0.4, 0.5) is 4.39 Å². The number of benzene rings is 1. The molecule has 0 amide bonds. The van der Waals surface area contributed by atoms with Crippen LogP contribution in [0.5, 0.6) is 0 Å². The maximum Gasteiger partial charge on any atom is 0.123 e. The van der Waals surface area contributed by atoms with Gasteiger partial charge in [0.05, 0.1) is 5.37 Å². The van der Waals surface area contributed by atoms with Crippen molar-refractivity contribution >= 4 is 11.8 Å². The zero-order valence-corrected chi connectivity index (χ0v) is 9.20. The Morgan fingerprint density at radius 3 is 2.50 bits per heavy atom. The topological polar surface area (TPSA) is 12.0 Å². The average Bonchev–Trinajstić information content (AvgIpc) is 2.47. The van der Waals surface area contributed by atoms with Crippen molar-refractivity contribution in [1.82, 2.24) is 5.32 Å². The van der Waals surface area contributed by atoms with Gasteiger partial charge in [0, 0.05) is 11.3 Å². The highest BCUT2D eigenvalue weighted by Gasteiger charge is 2.31. The van der Waals surface area contributed by atoms with Gasteiger partial charge in [-0.3, -0.25) is 5.32 Å². The molecule has 1 aliphatic heterocycles. The fourth-order valence-electron chi connectivity index (χ4n) is 1.55. The summed E-state index contributed by atoms with van der Waals surface area (Å²) >= 11 is 1.87. The predicted octanol–water partition coefficient (Wildman–Crippen LogP) is 2.94. The minimum atomic E-state index is -0.170. The molecule has 1 N–H and O–H groups in total. The summed E-state index contributed by atoms with van der Waals surface area (Å²) in [6.07, 6.45) is 0. The van der Waals surface area contributed by atoms with Crippen LogP contribution in [0.3, 0.4) is 0 Å². The van der Waals surface area contributed by atoms with E-state index in [1.165, 1.54) is 12.1 Å². The lowest BCUT2D eigenvalue weighted by molar-refractivity contribution is 0.452. The first-order valence-corrected chi connectivity index (χ1v) is 5.76. The molecule has 0 spiro atoms. The molecule has 3 heteroatoms. The molecular formula is C11H14FNS. The lowest BCUT2D eigenvalue weighted by Crippen LogP contribution is -2.35. The summed E-state index contributed by atoms with van der Waals surface area (Å²) in [4.78, 5) is 0. The number of thioether (sulfide) groups is 1. The Morgan fingerprint density at radius 2 is 2.00 bits per heavy atom. The molecule has 1 saturated heterocycles. The molecule has 2 rings (SSSR count). The second-order valence-electron chi connectivity index (χ2n) is 4.27. The Kier molecular flexibility index (Phi) is 2.54. The Morgan fingerprint density at radius 1 is 1.36 bits per heavy atom. The van der Waals surface area contributed by atoms with E-state index in [9.17, 15) is 4.39 Å². The first-order valence-electron chi connectivity index (χ1n) is 4.72. The standard InChI is InChI=1S/C11H14FNS/c1-11(2)7-14-10(13-11)8-3-5-9(12)6-4-8/h3-6,10,13H,7H2,1-2H3. The molecule has 0 radical (unpaired) electrons. The quantitative estimate of drug-likeness (QED) is 0.766. The highest BCUT2D eigenvalue weighted by atomic mass is 32.2. The minimum absolute atomic E-state index is 0.170. The maximum absolute atomic E-state index is 12.7. The Hall–Kier alpha value is -0.540. The van der Waals surface area contributed by atoms with Gasteiger partial charge in [-0.15, -0.1) is 11.8 Å². The molecule has 0 aromatic heterocycles. The van der Waals surface area contributed by atoms with Gasteiger partial charge >= 0.3 is 0 Å². The second-order valence-corrected chi connectivity index (χ2v) is 5.36. The van der Waals surface area contributed by atoms with Gasteiger partial charge in [0.15, 0.2) is 0 Å². The van der Waals surface area contributed by atoms with E-state index < -0.39 is 0 Å². The van der Waals surface area contributed by atoms with E-state index in [-0.39, 0.29) is 11.4 Å². The molecule has 1 aromatic rings. The lowest BCUT2D eigenvalue weighted by atomic mass is 10.1. The summed E-state index contributed by atoms with van der Waals surface area (Å²) in [5, 5.41) is 3.82. The third-order valence-corrected chi connectivity index (χ3v) is 3.92. The lowest BCUT2D eigenvalue weighted by Gasteiger charge is -2.18. The summed E-state index contributed by atoms with van der Waals surface area (Å²) in [6, 6.07) is 6.73. The van der Waals surface area contributed by atoms with Crippen LogP contribution >= 0.6 is 11.8 Å². The molecule has 0 aliphatic carbocycles. The van der Waals surface area contributed by atoms with E-state index in [1.807, 2.05) is 23.9 Å². The number of nitrogens with one attached hydrogen (secondary N) is 1. The predicted molar refractivity (Wildman–Crippen MR) is 58.8 cm³/mol. The SMILES string of the molecule is CC1(C)CSC(c2ccc(F)cc2)N1. The van der Waals surface area contributed by atoms with Gasteiger partial charge in [-0.2, -0.15) is 0 Å². The molecule has 14 heavy (non-hydrogen) atoms. The highest BCUT2D eigenvalue weighted by molar-refractivity contribution is 7.99. The van der Waals surface area contributed by atoms with E-state index in [0.29, 0.717) is 5.37 Å². The number of rotatable bonds is 1. The Bertz CT molecular complexity index is 321. The average molecular weight is 211 g/mol. The van der Waals surface area contributed by atoms with Crippen molar-refractivity contribution in [2.45, 2.75) is 24.8 Å². The van der Waals surface area contributed by atoms with Gasteiger partial charge in [0.2, 0.25) is 0 Å². The van der Waals surface area contributed by atoms with Crippen molar-refractivity contribution in [3.8, 4) is 0 Å². The van der Waals surface area contributed by atoms with E-state index in [0.717, 1.165) is 11.3 Å². The Labute approximate surface area is 88.1 Å². The first-order chi connectivity index (χ1) is 6.57. The van der Waals surface area contributed by atoms with Gasteiger partial charge < -0.3 is 0 Å². The van der Waals surface area contributed by atoms with E-state index >= 15 is 0 Å². The minimum Gasteiger partial charge on any atom is -0.296 e. The third-order valence-electron chi connectivity index (χ3n) is 2.31. The van der Waals surface area contributed by atoms with Gasteiger partial charge in [0.1, 0.15) is 5.82 Å². The largest absolute Gasteiger partial charge is 0.296 e. The van der Waals surface area contributed by atoms with Crippen LogP contribution < -0.4 is 5.32 Å². The molecule has 1 nitrogen and oxygen atoms in total. The van der Waals surface area contributed by atoms with E-state index in [4.69, 9.17) is 0 Å². The van der Waals surface area contributed by atoms with Crippen molar-refractivity contribution in [3.63, 3.8) is 0 Å². The van der Waals surface area contributed by atoms with Crippen molar-refractivity contribution < 1.29 is 4.39 Å². The van der Waals surface area contributed by atoms with Crippen molar-refractivity contribution in [2.24, 2.45) is 0 Å². The number of halogens is 1. The van der Waals surface area contributed by atoms with E-state index in [1.54, 1.807) is 0 Å². The van der Waals surface area contributed by atoms with Crippen molar-refractivity contribution in [2.75, 3.05) is 5.75 Å². The molecule has 0 bridgehead atoms. The molecular weight excluding hydrogens is 197 g/mol. The molecule has 1 aliphatic rings. The molecule has 1 fully saturated rings. The molecule has 1 unspecified atom stereocenters. The smallest absolute Gasteiger partial charge is 0.123 e. The van der Waals surface area contributed by atoms with Crippen LogP contribution in [-0.4, -0.2) is 11.3 Å². The van der Waals surface area contributed by atoms with Crippen LogP contribution in [0.1, 0.15) is 24.8 Å². The normalized spacial score (nSPS) is 25.2. The summed E-state index contributed by atoms with van der Waals surface area (Å²) < 4.78 is 12.7. The van der Waals surface area contributed by atoms with Crippen molar-refractivity contribution in [3.05, 3.63) is 35.6 Å². The Balaban J connectivity index is 2.14. The van der Waals surface area contributed by atoms with Crippen LogP contribution in [0.2, 0.25) is 0 Å². The molecule has 76 valence electrons. The molecule has 1 aromatic carbocycles. The van der Waals surface area contributed by atoms with Gasteiger partial charge in [-0.25, -0.2) is 4.39 Å². The summed E-state index contributed by atoms with van der Waals surface area (Å²) in [5.41, 5.74) is 1.34. The zero-order chi connectivity index (χ0) is 10.2. The van der Waals surface area contributed by atoms with E-state index in [2.05, 4.69) is 19.2 Å². The number of hydrogen-bond acceptors (Lipinski definition) is 2.